The lowest BCUT2D eigenvalue weighted by atomic mass is 9.48. The van der Waals surface area contributed by atoms with Crippen molar-refractivity contribution in [2.75, 3.05) is 0 Å². The van der Waals surface area contributed by atoms with Crippen LogP contribution in [0.4, 0.5) is 0 Å². The van der Waals surface area contributed by atoms with Crippen LogP contribution in [0.2, 0.25) is 0 Å². The maximum Gasteiger partial charge on any atom is 0.0922 e. The minimum absolute atomic E-state index is 0.0736. The Morgan fingerprint density at radius 3 is 2.73 bits per heavy atom. The van der Waals surface area contributed by atoms with Gasteiger partial charge in [-0.05, 0) is 66.8 Å². The van der Waals surface area contributed by atoms with Crippen LogP contribution in [0, 0.1) is 34.5 Å². The summed E-state index contributed by atoms with van der Waals surface area (Å²) in [5.41, 5.74) is 6.68. The van der Waals surface area contributed by atoms with Gasteiger partial charge in [0, 0.05) is 12.0 Å². The number of aliphatic hydroxyl groups excluding tert-OH is 2. The average Bonchev–Trinajstić information content (AvgIpc) is 2.77. The van der Waals surface area contributed by atoms with Crippen LogP contribution in [0.25, 0.3) is 0 Å². The first-order valence-corrected chi connectivity index (χ1v) is 8.90. The third-order valence-electron chi connectivity index (χ3n) is 7.83. The summed E-state index contributed by atoms with van der Waals surface area (Å²) in [7, 11) is 0. The second-order valence-corrected chi connectivity index (χ2v) is 8.69. The Kier molecular flexibility index (Phi) is 3.09. The van der Waals surface area contributed by atoms with Gasteiger partial charge in [0.05, 0.1) is 11.9 Å². The van der Waals surface area contributed by atoms with Gasteiger partial charge in [0.25, 0.3) is 0 Å². The van der Waals surface area contributed by atoms with Crippen LogP contribution in [0.1, 0.15) is 46.0 Å². The van der Waals surface area contributed by atoms with Gasteiger partial charge in [-0.2, -0.15) is 0 Å². The number of hydrogen-bond acceptors (Lipinski definition) is 3. The molecule has 0 saturated heterocycles. The van der Waals surface area contributed by atoms with Crippen LogP contribution in [0.15, 0.2) is 24.0 Å². The van der Waals surface area contributed by atoms with Gasteiger partial charge in [0.2, 0.25) is 0 Å². The van der Waals surface area contributed by atoms with Crippen LogP contribution in [-0.4, -0.2) is 22.4 Å². The first-order valence-electron chi connectivity index (χ1n) is 8.90. The molecular weight excluding hydrogens is 274 g/mol. The molecule has 2 saturated carbocycles. The first-order chi connectivity index (χ1) is 10.4. The van der Waals surface area contributed by atoms with E-state index in [2.05, 4.69) is 26.0 Å². The molecule has 0 spiro atoms. The quantitative estimate of drug-likeness (QED) is 0.602. The Hall–Kier alpha value is -0.800. The lowest BCUT2D eigenvalue weighted by molar-refractivity contribution is -0.0468. The van der Waals surface area contributed by atoms with Crippen LogP contribution in [-0.2, 0) is 0 Å². The van der Waals surface area contributed by atoms with E-state index in [-0.39, 0.29) is 34.8 Å². The highest BCUT2D eigenvalue weighted by Crippen LogP contribution is 2.64. The fourth-order valence-corrected chi connectivity index (χ4v) is 6.29. The topological polar surface area (TPSA) is 66.5 Å². The molecule has 4 N–H and O–H groups in total. The largest absolute Gasteiger partial charge is 0.512 e. The smallest absolute Gasteiger partial charge is 0.0922 e. The molecule has 0 unspecified atom stereocenters. The van der Waals surface area contributed by atoms with Crippen LogP contribution in [0.5, 0.6) is 0 Å². The Morgan fingerprint density at radius 2 is 1.95 bits per heavy atom. The predicted octanol–water partition coefficient (Wildman–Crippen LogP) is 3.16. The summed E-state index contributed by atoms with van der Waals surface area (Å²) in [5, 5.41) is 20.8. The summed E-state index contributed by atoms with van der Waals surface area (Å²) >= 11 is 0. The van der Waals surface area contributed by atoms with E-state index in [1.807, 2.05) is 6.08 Å². The molecule has 22 heavy (non-hydrogen) atoms. The van der Waals surface area contributed by atoms with Gasteiger partial charge in [-0.25, -0.2) is 0 Å². The number of nitrogens with two attached hydrogens (primary N) is 1. The van der Waals surface area contributed by atoms with Crippen LogP contribution < -0.4 is 5.73 Å². The molecule has 0 bridgehead atoms. The van der Waals surface area contributed by atoms with Gasteiger partial charge in [-0.15, -0.1) is 0 Å². The van der Waals surface area contributed by atoms with Crippen molar-refractivity contribution in [3.05, 3.63) is 24.0 Å². The van der Waals surface area contributed by atoms with E-state index < -0.39 is 0 Å². The van der Waals surface area contributed by atoms with Crippen LogP contribution in [0.3, 0.4) is 0 Å². The van der Waals surface area contributed by atoms with E-state index in [0.717, 1.165) is 25.7 Å². The molecule has 0 heterocycles. The van der Waals surface area contributed by atoms with Crippen molar-refractivity contribution in [2.45, 2.75) is 58.1 Å². The third-order valence-corrected chi connectivity index (χ3v) is 7.83. The first kappa shape index (κ1) is 14.8. The zero-order valence-electron chi connectivity index (χ0n) is 13.7. The number of rotatable bonds is 0. The lowest BCUT2D eigenvalue weighted by Gasteiger charge is -2.57. The molecule has 2 fully saturated rings. The highest BCUT2D eigenvalue weighted by atomic mass is 16.3. The van der Waals surface area contributed by atoms with Gasteiger partial charge in [0.15, 0.2) is 0 Å². The van der Waals surface area contributed by atoms with Crippen molar-refractivity contribution in [1.29, 1.82) is 0 Å². The third kappa shape index (κ3) is 1.75. The number of hydrogen-bond donors (Lipinski definition) is 3. The molecule has 0 aromatic carbocycles. The molecule has 8 atom stereocenters. The fraction of sp³-hybridized carbons (Fsp3) is 0.789. The van der Waals surface area contributed by atoms with Crippen LogP contribution >= 0.6 is 0 Å². The molecule has 0 aliphatic heterocycles. The van der Waals surface area contributed by atoms with Crippen molar-refractivity contribution in [1.82, 2.24) is 0 Å². The van der Waals surface area contributed by atoms with E-state index in [1.165, 1.54) is 6.42 Å². The maximum atomic E-state index is 10.8. The van der Waals surface area contributed by atoms with Gasteiger partial charge < -0.3 is 15.9 Å². The fourth-order valence-electron chi connectivity index (χ4n) is 6.29. The summed E-state index contributed by atoms with van der Waals surface area (Å²) in [6.45, 7) is 4.67. The van der Waals surface area contributed by atoms with Crippen molar-refractivity contribution < 1.29 is 10.2 Å². The highest BCUT2D eigenvalue weighted by molar-refractivity contribution is 5.26. The second-order valence-electron chi connectivity index (χ2n) is 8.69. The van der Waals surface area contributed by atoms with Gasteiger partial charge in [-0.3, -0.25) is 0 Å². The zero-order chi connectivity index (χ0) is 15.7. The zero-order valence-corrected chi connectivity index (χ0v) is 13.7. The molecule has 4 rings (SSSR count). The van der Waals surface area contributed by atoms with E-state index in [4.69, 9.17) is 5.73 Å². The van der Waals surface area contributed by atoms with E-state index in [1.54, 1.807) is 0 Å². The van der Waals surface area contributed by atoms with Crippen molar-refractivity contribution in [3.63, 3.8) is 0 Å². The standard InChI is InChI=1S/C19H29NO2/c1-18-7-5-12(21)9-11(18)10-15(22)17-13-3-4-16(20)19(13,2)8-6-14(17)18/h5,7,10-14,16-17,21-22H,3-4,6,8-9,20H2,1-2H3/t11-,12-,13-,14-,16-,17-,18-,19-/m0/s1. The number of allylic oxidation sites excluding steroid dienone is 3. The molecule has 4 aliphatic carbocycles. The van der Waals surface area contributed by atoms with Crippen molar-refractivity contribution in [3.8, 4) is 0 Å². The highest BCUT2D eigenvalue weighted by Gasteiger charge is 2.59. The monoisotopic (exact) mass is 303 g/mol. The van der Waals surface area contributed by atoms with Gasteiger partial charge >= 0.3 is 0 Å². The summed E-state index contributed by atoms with van der Waals surface area (Å²) < 4.78 is 0. The molecule has 0 aromatic rings. The van der Waals surface area contributed by atoms with Gasteiger partial charge in [-0.1, -0.05) is 26.0 Å². The summed E-state index contributed by atoms with van der Waals surface area (Å²) in [4.78, 5) is 0. The van der Waals surface area contributed by atoms with E-state index in [9.17, 15) is 10.2 Å². The molecule has 0 radical (unpaired) electrons. The van der Waals surface area contributed by atoms with E-state index >= 15 is 0 Å². The van der Waals surface area contributed by atoms with Crippen molar-refractivity contribution in [2.24, 2.45) is 40.2 Å². The second kappa shape index (κ2) is 4.61. The van der Waals surface area contributed by atoms with Crippen molar-refractivity contribution >= 4 is 0 Å². The minimum atomic E-state index is -0.368. The summed E-state index contributed by atoms with van der Waals surface area (Å²) in [5.74, 6) is 2.09. The Bertz CT molecular complexity index is 542. The lowest BCUT2D eigenvalue weighted by Crippen LogP contribution is -2.53. The molecule has 4 aliphatic rings. The number of aliphatic hydroxyl groups is 2. The summed E-state index contributed by atoms with van der Waals surface area (Å²) in [6, 6.07) is 0.278. The SMILES string of the molecule is C[C@]12C=C[C@H](O)C[C@H]1C=C(O)[C@@H]1[C@@H]2CC[C@]2(C)[C@@H](N)CC[C@@H]12. The summed E-state index contributed by atoms with van der Waals surface area (Å²) in [6.07, 6.45) is 11.2. The normalized spacial score (nSPS) is 56.8. The molecule has 122 valence electrons. The molecule has 3 heteroatoms. The Morgan fingerprint density at radius 1 is 1.18 bits per heavy atom. The maximum absolute atomic E-state index is 10.8. The van der Waals surface area contributed by atoms with E-state index in [0.29, 0.717) is 17.6 Å². The molecular formula is C19H29NO2. The predicted molar refractivity (Wildman–Crippen MR) is 87.1 cm³/mol. The Labute approximate surface area is 133 Å². The average molecular weight is 303 g/mol. The van der Waals surface area contributed by atoms with Gasteiger partial charge in [0.1, 0.15) is 0 Å². The molecule has 0 aromatic heterocycles. The minimum Gasteiger partial charge on any atom is -0.512 e. The molecule has 3 nitrogen and oxygen atoms in total. The number of fused-ring (bicyclic) bond motifs is 5. The Balaban J connectivity index is 1.76. The molecule has 0 amide bonds.